The molecule has 0 bridgehead atoms. The third kappa shape index (κ3) is 4.81. The summed E-state index contributed by atoms with van der Waals surface area (Å²) in [5, 5.41) is 14.0. The summed E-state index contributed by atoms with van der Waals surface area (Å²) in [6.07, 6.45) is 5.26. The molecule has 1 fully saturated rings. The molecule has 2 aromatic heterocycles. The largest absolute Gasteiger partial charge is 0.381 e. The average Bonchev–Trinajstić information content (AvgIpc) is 3.32. The Labute approximate surface area is 152 Å². The van der Waals surface area contributed by atoms with Crippen LogP contribution in [0.1, 0.15) is 50.4 Å². The Morgan fingerprint density at radius 3 is 2.85 bits per heavy atom. The lowest BCUT2D eigenvalue weighted by Gasteiger charge is -2.28. The predicted octanol–water partition coefficient (Wildman–Crippen LogP) is 1.86. The molecule has 26 heavy (non-hydrogen) atoms. The molecular weight excluding hydrogens is 336 g/mol. The molecular formula is C17H26N6O3. The topological polar surface area (TPSA) is 107 Å². The molecule has 0 aromatic carbocycles. The summed E-state index contributed by atoms with van der Waals surface area (Å²) < 4.78 is 12.6. The minimum Gasteiger partial charge on any atom is -0.381 e. The van der Waals surface area contributed by atoms with E-state index < -0.39 is 0 Å². The molecule has 3 heterocycles. The zero-order valence-corrected chi connectivity index (χ0v) is 15.2. The number of hydrogen-bond acceptors (Lipinski definition) is 6. The second kappa shape index (κ2) is 8.79. The van der Waals surface area contributed by atoms with Crippen molar-refractivity contribution < 1.29 is 14.1 Å². The number of carbonyl (C=O) groups excluding carboxylic acids is 1. The molecule has 9 heteroatoms. The summed E-state index contributed by atoms with van der Waals surface area (Å²) in [6.45, 7) is 6.46. The molecule has 9 nitrogen and oxygen atoms in total. The third-order valence-corrected chi connectivity index (χ3v) is 4.45. The van der Waals surface area contributed by atoms with Gasteiger partial charge >= 0.3 is 6.03 Å². The van der Waals surface area contributed by atoms with Gasteiger partial charge in [-0.25, -0.2) is 4.79 Å². The van der Waals surface area contributed by atoms with E-state index in [1.807, 2.05) is 26.1 Å². The molecule has 3 rings (SSSR count). The van der Waals surface area contributed by atoms with E-state index in [2.05, 4.69) is 25.9 Å². The Kier molecular flexibility index (Phi) is 6.21. The molecule has 2 amide bonds. The van der Waals surface area contributed by atoms with E-state index in [0.29, 0.717) is 38.0 Å². The van der Waals surface area contributed by atoms with E-state index in [-0.39, 0.29) is 23.9 Å². The summed E-state index contributed by atoms with van der Waals surface area (Å²) in [5.41, 5.74) is 0. The van der Waals surface area contributed by atoms with Crippen molar-refractivity contribution in [2.75, 3.05) is 19.8 Å². The molecule has 1 atom stereocenters. The SMILES string of the molecule is CC(C)c1noc(C(NC(=O)NCCn2cccn2)C2CCOCC2)n1. The van der Waals surface area contributed by atoms with Crippen LogP contribution in [-0.4, -0.2) is 45.7 Å². The zero-order chi connectivity index (χ0) is 18.4. The molecule has 0 radical (unpaired) electrons. The van der Waals surface area contributed by atoms with Crippen LogP contribution in [0.15, 0.2) is 23.0 Å². The number of ether oxygens (including phenoxy) is 1. The quantitative estimate of drug-likeness (QED) is 0.778. The maximum absolute atomic E-state index is 12.4. The van der Waals surface area contributed by atoms with Gasteiger partial charge in [0.1, 0.15) is 6.04 Å². The molecule has 1 aliphatic rings. The lowest BCUT2D eigenvalue weighted by molar-refractivity contribution is 0.0503. The van der Waals surface area contributed by atoms with E-state index in [4.69, 9.17) is 9.26 Å². The van der Waals surface area contributed by atoms with E-state index in [1.165, 1.54) is 0 Å². The molecule has 2 aromatic rings. The van der Waals surface area contributed by atoms with Gasteiger partial charge in [-0.15, -0.1) is 0 Å². The van der Waals surface area contributed by atoms with Crippen molar-refractivity contribution >= 4 is 6.03 Å². The average molecular weight is 362 g/mol. The van der Waals surface area contributed by atoms with Crippen LogP contribution in [0.25, 0.3) is 0 Å². The highest BCUT2D eigenvalue weighted by Crippen LogP contribution is 2.29. The van der Waals surface area contributed by atoms with Gasteiger partial charge in [0.05, 0.1) is 6.54 Å². The monoisotopic (exact) mass is 362 g/mol. The maximum atomic E-state index is 12.4. The number of carbonyl (C=O) groups is 1. The molecule has 0 aliphatic carbocycles. The number of nitrogens with zero attached hydrogens (tertiary/aromatic N) is 4. The second-order valence-electron chi connectivity index (χ2n) is 6.74. The van der Waals surface area contributed by atoms with Gasteiger partial charge in [0, 0.05) is 38.1 Å². The molecule has 1 aliphatic heterocycles. The van der Waals surface area contributed by atoms with Crippen molar-refractivity contribution in [3.05, 3.63) is 30.2 Å². The minimum atomic E-state index is -0.316. The first-order chi connectivity index (χ1) is 12.6. The second-order valence-corrected chi connectivity index (χ2v) is 6.74. The van der Waals surface area contributed by atoms with E-state index in [9.17, 15) is 4.79 Å². The van der Waals surface area contributed by atoms with Gasteiger partial charge in [-0.3, -0.25) is 4.68 Å². The third-order valence-electron chi connectivity index (χ3n) is 4.45. The van der Waals surface area contributed by atoms with Gasteiger partial charge in [0.25, 0.3) is 0 Å². The van der Waals surface area contributed by atoms with Crippen molar-refractivity contribution in [2.45, 2.75) is 45.2 Å². The maximum Gasteiger partial charge on any atom is 0.315 e. The first-order valence-electron chi connectivity index (χ1n) is 9.06. The van der Waals surface area contributed by atoms with Crippen LogP contribution in [-0.2, 0) is 11.3 Å². The van der Waals surface area contributed by atoms with Crippen molar-refractivity contribution in [1.29, 1.82) is 0 Å². The van der Waals surface area contributed by atoms with Crippen LogP contribution in [0, 0.1) is 5.92 Å². The Balaban J connectivity index is 1.61. The van der Waals surface area contributed by atoms with Gasteiger partial charge in [-0.1, -0.05) is 19.0 Å². The molecule has 1 saturated heterocycles. The number of aromatic nitrogens is 4. The number of amides is 2. The summed E-state index contributed by atoms with van der Waals surface area (Å²) in [5.74, 6) is 1.49. The predicted molar refractivity (Wildman–Crippen MR) is 93.4 cm³/mol. The fourth-order valence-corrected chi connectivity index (χ4v) is 2.95. The Bertz CT molecular complexity index is 678. The summed E-state index contributed by atoms with van der Waals surface area (Å²) in [7, 11) is 0. The molecule has 2 N–H and O–H groups in total. The van der Waals surface area contributed by atoms with Crippen molar-refractivity contribution in [2.24, 2.45) is 5.92 Å². The molecule has 0 spiro atoms. The molecule has 142 valence electrons. The van der Waals surface area contributed by atoms with E-state index in [0.717, 1.165) is 12.8 Å². The van der Waals surface area contributed by atoms with Crippen molar-refractivity contribution in [3.8, 4) is 0 Å². The number of nitrogens with one attached hydrogen (secondary N) is 2. The van der Waals surface area contributed by atoms with Gasteiger partial charge in [-0.05, 0) is 24.8 Å². The van der Waals surface area contributed by atoms with Crippen LogP contribution >= 0.6 is 0 Å². The lowest BCUT2D eigenvalue weighted by atomic mass is 9.91. The molecule has 1 unspecified atom stereocenters. The Morgan fingerprint density at radius 2 is 2.19 bits per heavy atom. The fourth-order valence-electron chi connectivity index (χ4n) is 2.95. The number of rotatable bonds is 7. The summed E-state index contributed by atoms with van der Waals surface area (Å²) in [6, 6.07) is 1.28. The Hall–Kier alpha value is -2.42. The molecule has 0 saturated carbocycles. The Morgan fingerprint density at radius 1 is 1.38 bits per heavy atom. The van der Waals surface area contributed by atoms with E-state index in [1.54, 1.807) is 10.9 Å². The number of urea groups is 1. The van der Waals surface area contributed by atoms with Gasteiger partial charge in [0.15, 0.2) is 5.82 Å². The first-order valence-corrected chi connectivity index (χ1v) is 9.06. The van der Waals surface area contributed by atoms with Gasteiger partial charge in [0.2, 0.25) is 5.89 Å². The van der Waals surface area contributed by atoms with Crippen LogP contribution < -0.4 is 10.6 Å². The van der Waals surface area contributed by atoms with Crippen LogP contribution in [0.4, 0.5) is 4.79 Å². The van der Waals surface area contributed by atoms with Gasteiger partial charge < -0.3 is 19.9 Å². The normalized spacial score (nSPS) is 16.6. The zero-order valence-electron chi connectivity index (χ0n) is 15.2. The summed E-state index contributed by atoms with van der Waals surface area (Å²) >= 11 is 0. The minimum absolute atomic E-state index is 0.172. The number of hydrogen-bond donors (Lipinski definition) is 2. The highest BCUT2D eigenvalue weighted by molar-refractivity contribution is 5.74. The van der Waals surface area contributed by atoms with E-state index >= 15 is 0 Å². The standard InChI is InChI=1S/C17H26N6O3/c1-12(2)15-21-16(26-22-15)14(13-4-10-25-11-5-13)20-17(24)18-7-9-23-8-3-6-19-23/h3,6,8,12-14H,4-5,7,9-11H2,1-2H3,(H2,18,20,24). The smallest absolute Gasteiger partial charge is 0.315 e. The van der Waals surface area contributed by atoms with Crippen molar-refractivity contribution in [1.82, 2.24) is 30.6 Å². The highest BCUT2D eigenvalue weighted by atomic mass is 16.5. The highest BCUT2D eigenvalue weighted by Gasteiger charge is 2.31. The van der Waals surface area contributed by atoms with Crippen LogP contribution in [0.5, 0.6) is 0 Å². The fraction of sp³-hybridized carbons (Fsp3) is 0.647. The van der Waals surface area contributed by atoms with Crippen molar-refractivity contribution in [3.63, 3.8) is 0 Å². The lowest BCUT2D eigenvalue weighted by Crippen LogP contribution is -2.42. The van der Waals surface area contributed by atoms with Gasteiger partial charge in [-0.2, -0.15) is 10.1 Å². The summed E-state index contributed by atoms with van der Waals surface area (Å²) in [4.78, 5) is 16.8. The first kappa shape index (κ1) is 18.4. The van der Waals surface area contributed by atoms with Crippen LogP contribution in [0.3, 0.4) is 0 Å². The van der Waals surface area contributed by atoms with Crippen LogP contribution in [0.2, 0.25) is 0 Å².